The van der Waals surface area contributed by atoms with Crippen molar-refractivity contribution in [3.63, 3.8) is 0 Å². The summed E-state index contributed by atoms with van der Waals surface area (Å²) in [6, 6.07) is 3.98. The van der Waals surface area contributed by atoms with Crippen molar-refractivity contribution in [3.05, 3.63) is 42.0 Å². The summed E-state index contributed by atoms with van der Waals surface area (Å²) in [5, 5.41) is 23.5. The number of alkyl halides is 3. The molecule has 9 N–H and O–H groups in total. The van der Waals surface area contributed by atoms with Gasteiger partial charge in [0.1, 0.15) is 18.7 Å². The van der Waals surface area contributed by atoms with Gasteiger partial charge in [-0.05, 0) is 43.5 Å². The molecule has 2 rings (SSSR count). The van der Waals surface area contributed by atoms with Gasteiger partial charge in [-0.2, -0.15) is 13.2 Å². The van der Waals surface area contributed by atoms with E-state index in [0.717, 1.165) is 4.90 Å². The molecule has 0 unspecified atom stereocenters. The van der Waals surface area contributed by atoms with Gasteiger partial charge in [-0.3, -0.25) is 33.7 Å². The summed E-state index contributed by atoms with van der Waals surface area (Å²) in [6.45, 7) is 7.23. The number of nitrogens with zero attached hydrogens (tertiary/aromatic N) is 2. The Labute approximate surface area is 403 Å². The Kier molecular flexibility index (Phi) is 30.6. The van der Waals surface area contributed by atoms with Crippen LogP contribution in [0.1, 0.15) is 45.1 Å². The molecule has 0 aliphatic carbocycles. The van der Waals surface area contributed by atoms with E-state index in [1.165, 1.54) is 17.1 Å². The van der Waals surface area contributed by atoms with Crippen molar-refractivity contribution >= 4 is 59.2 Å². The average Bonchev–Trinajstić information content (AvgIpc) is 3.63. The Morgan fingerprint density at radius 1 is 0.757 bits per heavy atom. The van der Waals surface area contributed by atoms with Gasteiger partial charge in [0.2, 0.25) is 23.6 Å². The van der Waals surface area contributed by atoms with Gasteiger partial charge in [0.05, 0.1) is 52.9 Å². The zero-order valence-electron chi connectivity index (χ0n) is 39.7. The van der Waals surface area contributed by atoms with E-state index in [1.54, 1.807) is 52.2 Å². The van der Waals surface area contributed by atoms with Gasteiger partial charge in [0.25, 0.3) is 11.8 Å². The fourth-order valence-corrected chi connectivity index (χ4v) is 5.51. The summed E-state index contributed by atoms with van der Waals surface area (Å²) in [5.74, 6) is -5.73. The van der Waals surface area contributed by atoms with Crippen LogP contribution in [0, 0.1) is 5.92 Å². The van der Waals surface area contributed by atoms with E-state index in [9.17, 15) is 51.5 Å². The second-order valence-electron chi connectivity index (χ2n) is 15.3. The Hall–Kier alpha value is -6.42. The van der Waals surface area contributed by atoms with Gasteiger partial charge in [-0.1, -0.05) is 26.0 Å². The predicted octanol–water partition coefficient (Wildman–Crippen LogP) is 0.00810. The lowest BCUT2D eigenvalue weighted by Crippen LogP contribution is -2.54. The van der Waals surface area contributed by atoms with E-state index in [2.05, 4.69) is 31.9 Å². The van der Waals surface area contributed by atoms with Crippen LogP contribution in [0.5, 0.6) is 0 Å². The maximum Gasteiger partial charge on any atom is 0.490 e. The molecule has 9 amide bonds. The number of carboxylic acid groups (broad SMARTS) is 1. The van der Waals surface area contributed by atoms with Gasteiger partial charge in [-0.25, -0.2) is 14.4 Å². The zero-order valence-corrected chi connectivity index (χ0v) is 39.7. The largest absolute Gasteiger partial charge is 0.490 e. The molecular weight excluding hydrogens is 940 g/mol. The number of amides is 9. The lowest BCUT2D eigenvalue weighted by molar-refractivity contribution is -0.192. The van der Waals surface area contributed by atoms with Gasteiger partial charge in [0.15, 0.2) is 0 Å². The van der Waals surface area contributed by atoms with E-state index in [-0.39, 0.29) is 83.8 Å². The molecule has 0 fully saturated rings. The normalized spacial score (nSPS) is 12.9. The van der Waals surface area contributed by atoms with Gasteiger partial charge in [0, 0.05) is 70.5 Å². The van der Waals surface area contributed by atoms with Crippen molar-refractivity contribution in [2.24, 2.45) is 11.7 Å². The summed E-state index contributed by atoms with van der Waals surface area (Å²) in [6.07, 6.45) is -2.75. The first kappa shape index (κ1) is 61.6. The number of ether oxygens (including phenoxy) is 5. The molecule has 1 aromatic rings. The van der Waals surface area contributed by atoms with Crippen molar-refractivity contribution in [1.82, 2.24) is 36.4 Å². The molecule has 0 saturated heterocycles. The van der Waals surface area contributed by atoms with Crippen LogP contribution in [0.2, 0.25) is 0 Å². The number of nitrogens with two attached hydrogens (primary N) is 1. The molecule has 1 aromatic carbocycles. The lowest BCUT2D eigenvalue weighted by atomic mass is 10.0. The number of rotatable bonds is 33. The highest BCUT2D eigenvalue weighted by Crippen LogP contribution is 2.14. The number of hydrogen-bond acceptors (Lipinski definition) is 15. The van der Waals surface area contributed by atoms with Crippen molar-refractivity contribution in [1.29, 1.82) is 0 Å². The fraction of sp³-hybridized carbons (Fsp3) is 0.605. The van der Waals surface area contributed by atoms with Crippen molar-refractivity contribution in [3.8, 4) is 0 Å². The molecule has 70 heavy (non-hydrogen) atoms. The number of carbonyl (C=O) groups is 9. The number of urea groups is 1. The highest BCUT2D eigenvalue weighted by molar-refractivity contribution is 6.13. The minimum atomic E-state index is -5.08. The first-order chi connectivity index (χ1) is 33.2. The van der Waals surface area contributed by atoms with Crippen molar-refractivity contribution < 1.29 is 85.1 Å². The predicted molar refractivity (Wildman–Crippen MR) is 242 cm³/mol. The second kappa shape index (κ2) is 34.8. The number of aliphatic carboxylic acids is 1. The molecule has 0 radical (unpaired) electrons. The number of hydrogen-bond donors (Lipinski definition) is 8. The smallest absolute Gasteiger partial charge is 0.475 e. The number of benzene rings is 1. The number of carbonyl (C=O) groups excluding carboxylic acids is 8. The zero-order chi connectivity index (χ0) is 52.5. The average molecular weight is 1010 g/mol. The van der Waals surface area contributed by atoms with Crippen LogP contribution in [-0.4, -0.2) is 186 Å². The van der Waals surface area contributed by atoms with Crippen LogP contribution in [0.3, 0.4) is 0 Å². The summed E-state index contributed by atoms with van der Waals surface area (Å²) in [7, 11) is 3.43. The minimum Gasteiger partial charge on any atom is -0.475 e. The van der Waals surface area contributed by atoms with E-state index < -0.39 is 65.9 Å². The van der Waals surface area contributed by atoms with Crippen LogP contribution in [0.15, 0.2) is 36.4 Å². The lowest BCUT2D eigenvalue weighted by Gasteiger charge is -2.25. The molecule has 0 bridgehead atoms. The third kappa shape index (κ3) is 28.2. The van der Waals surface area contributed by atoms with E-state index in [0.29, 0.717) is 57.2 Å². The molecule has 2 atom stereocenters. The third-order valence-corrected chi connectivity index (χ3v) is 9.32. The SMILES string of the molecule is CNCCN(C)C(=O)OCc1ccc(NC(=O)[C@H](CCCNC(N)=O)NC(=O)[C@@H](NC(=O)CCOCCOCCOCCOCCNC(=O)CCN2C(=O)C=CC2=O)C(C)C)cc1.O=C(O)C(F)(F)F. The number of nitrogens with one attached hydrogen (secondary N) is 6. The molecule has 1 heterocycles. The van der Waals surface area contributed by atoms with Crippen LogP contribution in [0.25, 0.3) is 0 Å². The molecule has 24 nitrogen and oxygen atoms in total. The summed E-state index contributed by atoms with van der Waals surface area (Å²) in [5.41, 5.74) is 6.30. The minimum absolute atomic E-state index is 0.00921. The van der Waals surface area contributed by atoms with Crippen LogP contribution < -0.4 is 37.6 Å². The molecule has 1 aliphatic heterocycles. The van der Waals surface area contributed by atoms with E-state index >= 15 is 0 Å². The maximum absolute atomic E-state index is 13.5. The molecule has 0 spiro atoms. The summed E-state index contributed by atoms with van der Waals surface area (Å²) in [4.78, 5) is 109. The van der Waals surface area contributed by atoms with Crippen LogP contribution in [0.4, 0.5) is 28.4 Å². The number of anilines is 1. The topological polar surface area (TPSA) is 325 Å². The monoisotopic (exact) mass is 1010 g/mol. The van der Waals surface area contributed by atoms with Crippen molar-refractivity contribution in [2.75, 3.05) is 105 Å². The molecule has 27 heteroatoms. The molecule has 1 aliphatic rings. The van der Waals surface area contributed by atoms with Crippen molar-refractivity contribution in [2.45, 2.75) is 64.4 Å². The number of carboxylic acids is 1. The fourth-order valence-electron chi connectivity index (χ4n) is 5.51. The molecule has 0 aromatic heterocycles. The quantitative estimate of drug-likeness (QED) is 0.0340. The third-order valence-electron chi connectivity index (χ3n) is 9.32. The number of halogens is 3. The highest BCUT2D eigenvalue weighted by atomic mass is 19.4. The maximum atomic E-state index is 13.5. The molecule has 394 valence electrons. The van der Waals surface area contributed by atoms with E-state index in [1.807, 2.05) is 0 Å². The number of primary amides is 1. The van der Waals surface area contributed by atoms with Crippen LogP contribution in [-0.2, 0) is 63.9 Å². The Balaban J connectivity index is 0.00000323. The Morgan fingerprint density at radius 3 is 1.84 bits per heavy atom. The molecular formula is C43H66F3N9O15. The van der Waals surface area contributed by atoms with E-state index in [4.69, 9.17) is 39.3 Å². The first-order valence-electron chi connectivity index (χ1n) is 22.1. The standard InChI is InChI=1S/C41H65N9O13.C2HF3O2/c1-29(2)37(48-34(52)14-20-59-22-24-61-26-27-62-25-23-60-21-17-44-33(51)13-18-50-35(53)11-12-36(50)54)39(56)47-32(6-5-15-45-40(42)57)38(55)46-31-9-7-30(8-10-31)28-63-41(58)49(4)19-16-43-3;3-2(4,5)1(6)7/h7-12,29,32,37,43H,5-6,13-28H2,1-4H3,(H,44,51)(H,46,55)(H,47,56)(H,48,52)(H3,42,45,57);(H,6,7)/t32-,37-;/m0./s1. The second-order valence-corrected chi connectivity index (χ2v) is 15.3. The van der Waals surface area contributed by atoms with Crippen LogP contribution >= 0.6 is 0 Å². The Morgan fingerprint density at radius 2 is 1.31 bits per heavy atom. The first-order valence-corrected chi connectivity index (χ1v) is 22.1. The summed E-state index contributed by atoms with van der Waals surface area (Å²) < 4.78 is 58.9. The summed E-state index contributed by atoms with van der Waals surface area (Å²) >= 11 is 0. The van der Waals surface area contributed by atoms with Gasteiger partial charge >= 0.3 is 24.3 Å². The molecule has 0 saturated carbocycles. The highest BCUT2D eigenvalue weighted by Gasteiger charge is 2.38. The Bertz CT molecular complexity index is 1840. The number of imide groups is 1. The van der Waals surface area contributed by atoms with Gasteiger partial charge in [-0.15, -0.1) is 0 Å². The van der Waals surface area contributed by atoms with Gasteiger partial charge < -0.3 is 71.3 Å². The number of likely N-dealkylation sites (N-methyl/N-ethyl adjacent to an activating group) is 2.